The van der Waals surface area contributed by atoms with Crippen LogP contribution in [0.1, 0.15) is 11.5 Å². The average molecular weight is 346 g/mol. The first-order chi connectivity index (χ1) is 8.58. The van der Waals surface area contributed by atoms with Gasteiger partial charge in [0.25, 0.3) is 5.56 Å². The molecule has 1 N–H and O–H groups in total. The van der Waals surface area contributed by atoms with Crippen LogP contribution < -0.4 is 5.56 Å². The van der Waals surface area contributed by atoms with Crippen LogP contribution in [0.15, 0.2) is 38.4 Å². The number of hydrogen-bond donors (Lipinski definition) is 1. The van der Waals surface area contributed by atoms with E-state index in [1.165, 1.54) is 0 Å². The van der Waals surface area contributed by atoms with Crippen molar-refractivity contribution in [1.82, 2.24) is 9.97 Å². The summed E-state index contributed by atoms with van der Waals surface area (Å²) in [5.74, 6) is 1.22. The molecule has 18 heavy (non-hydrogen) atoms. The zero-order chi connectivity index (χ0) is 13.1. The van der Waals surface area contributed by atoms with Crippen molar-refractivity contribution in [3.05, 3.63) is 55.6 Å². The zero-order valence-corrected chi connectivity index (χ0v) is 12.7. The van der Waals surface area contributed by atoms with Crippen LogP contribution in [0.3, 0.4) is 0 Å². The highest BCUT2D eigenvalue weighted by molar-refractivity contribution is 9.10. The molecule has 0 aliphatic heterocycles. The number of nitrogens with zero attached hydrogens (tertiary/aromatic N) is 1. The second-order valence-electron chi connectivity index (χ2n) is 3.63. The fourth-order valence-electron chi connectivity index (χ4n) is 1.41. The van der Waals surface area contributed by atoms with Crippen molar-refractivity contribution < 1.29 is 0 Å². The van der Waals surface area contributed by atoms with Gasteiger partial charge in [0.1, 0.15) is 10.3 Å². The van der Waals surface area contributed by atoms with E-state index in [0.29, 0.717) is 26.8 Å². The summed E-state index contributed by atoms with van der Waals surface area (Å²) in [6.07, 6.45) is 0. The minimum absolute atomic E-state index is 0.155. The molecule has 1 aromatic carbocycles. The predicted molar refractivity (Wildman–Crippen MR) is 78.3 cm³/mol. The topological polar surface area (TPSA) is 45.8 Å². The Morgan fingerprint density at radius 1 is 1.44 bits per heavy atom. The maximum atomic E-state index is 11.6. The maximum absolute atomic E-state index is 11.6. The van der Waals surface area contributed by atoms with Gasteiger partial charge in [0.2, 0.25) is 0 Å². The van der Waals surface area contributed by atoms with Gasteiger partial charge in [0, 0.05) is 4.90 Å². The van der Waals surface area contributed by atoms with E-state index in [1.807, 2.05) is 24.3 Å². The van der Waals surface area contributed by atoms with Crippen LogP contribution in [0.2, 0.25) is 5.02 Å². The lowest BCUT2D eigenvalue weighted by Crippen LogP contribution is -2.13. The van der Waals surface area contributed by atoms with Gasteiger partial charge in [0.05, 0.1) is 16.5 Å². The molecule has 0 fully saturated rings. The Bertz CT molecular complexity index is 630. The van der Waals surface area contributed by atoms with Crippen molar-refractivity contribution >= 4 is 39.3 Å². The van der Waals surface area contributed by atoms with Crippen molar-refractivity contribution in [2.45, 2.75) is 17.6 Å². The number of thioether (sulfide) groups is 1. The molecule has 2 aromatic rings. The fraction of sp³-hybridized carbons (Fsp3) is 0.167. The van der Waals surface area contributed by atoms with Gasteiger partial charge in [-0.15, -0.1) is 11.8 Å². The lowest BCUT2D eigenvalue weighted by molar-refractivity contribution is 0.954. The molecule has 1 heterocycles. The standard InChI is InChI=1S/C12H10BrClN2OS/c1-7-11(13)12(17)16-10(15-7)6-18-9-5-3-2-4-8(9)14/h2-5H,6H2,1H3,(H,15,16,17). The fourth-order valence-corrected chi connectivity index (χ4v) is 2.70. The van der Waals surface area contributed by atoms with E-state index in [-0.39, 0.29) is 5.56 Å². The Morgan fingerprint density at radius 3 is 2.83 bits per heavy atom. The Balaban J connectivity index is 2.17. The quantitative estimate of drug-likeness (QED) is 0.861. The van der Waals surface area contributed by atoms with Gasteiger partial charge in [-0.25, -0.2) is 4.98 Å². The summed E-state index contributed by atoms with van der Waals surface area (Å²) in [6.45, 7) is 1.79. The molecule has 94 valence electrons. The van der Waals surface area contributed by atoms with Crippen LogP contribution >= 0.6 is 39.3 Å². The van der Waals surface area contributed by atoms with Gasteiger partial charge >= 0.3 is 0 Å². The van der Waals surface area contributed by atoms with Crippen LogP contribution in [0.4, 0.5) is 0 Å². The van der Waals surface area contributed by atoms with Gasteiger partial charge in [-0.05, 0) is 35.0 Å². The summed E-state index contributed by atoms with van der Waals surface area (Å²) in [6, 6.07) is 7.59. The number of halogens is 2. The summed E-state index contributed by atoms with van der Waals surface area (Å²) < 4.78 is 0.481. The summed E-state index contributed by atoms with van der Waals surface area (Å²) in [5.41, 5.74) is 0.533. The van der Waals surface area contributed by atoms with E-state index < -0.39 is 0 Å². The lowest BCUT2D eigenvalue weighted by Gasteiger charge is -2.05. The zero-order valence-electron chi connectivity index (χ0n) is 9.54. The molecule has 0 atom stereocenters. The lowest BCUT2D eigenvalue weighted by atomic mass is 10.4. The van der Waals surface area contributed by atoms with Crippen LogP contribution in [0.25, 0.3) is 0 Å². The smallest absolute Gasteiger partial charge is 0.265 e. The van der Waals surface area contributed by atoms with E-state index >= 15 is 0 Å². The van der Waals surface area contributed by atoms with Gasteiger partial charge in [-0.1, -0.05) is 23.7 Å². The summed E-state index contributed by atoms with van der Waals surface area (Å²) >= 11 is 10.8. The molecule has 0 unspecified atom stereocenters. The first kappa shape index (κ1) is 13.6. The molecule has 0 saturated heterocycles. The van der Waals surface area contributed by atoms with Crippen LogP contribution in [-0.2, 0) is 5.75 Å². The molecule has 0 bridgehead atoms. The molecule has 0 saturated carbocycles. The molecule has 2 rings (SSSR count). The molecule has 0 aliphatic rings. The van der Waals surface area contributed by atoms with Gasteiger partial charge < -0.3 is 4.98 Å². The highest BCUT2D eigenvalue weighted by atomic mass is 79.9. The predicted octanol–water partition coefficient (Wildman–Crippen LogP) is 3.79. The molecule has 0 radical (unpaired) electrons. The van der Waals surface area contributed by atoms with Crippen molar-refractivity contribution in [3.63, 3.8) is 0 Å². The van der Waals surface area contributed by atoms with Crippen LogP contribution in [0, 0.1) is 6.92 Å². The molecule has 6 heteroatoms. The number of nitrogens with one attached hydrogen (secondary N) is 1. The molecule has 0 aliphatic carbocycles. The third-order valence-corrected chi connectivity index (χ3v) is 4.74. The second kappa shape index (κ2) is 5.91. The van der Waals surface area contributed by atoms with Gasteiger partial charge in [0.15, 0.2) is 0 Å². The van der Waals surface area contributed by atoms with Crippen molar-refractivity contribution in [3.8, 4) is 0 Å². The Morgan fingerprint density at radius 2 is 2.17 bits per heavy atom. The number of benzene rings is 1. The molecular weight excluding hydrogens is 336 g/mol. The normalized spacial score (nSPS) is 10.6. The van der Waals surface area contributed by atoms with E-state index in [0.717, 1.165) is 4.90 Å². The maximum Gasteiger partial charge on any atom is 0.265 e. The molecular formula is C12H10BrClN2OS. The van der Waals surface area contributed by atoms with E-state index in [4.69, 9.17) is 11.6 Å². The van der Waals surface area contributed by atoms with Gasteiger partial charge in [-0.2, -0.15) is 0 Å². The average Bonchev–Trinajstić information content (AvgIpc) is 2.35. The van der Waals surface area contributed by atoms with Crippen LogP contribution in [0.5, 0.6) is 0 Å². The highest BCUT2D eigenvalue weighted by Gasteiger charge is 2.06. The second-order valence-corrected chi connectivity index (χ2v) is 5.85. The van der Waals surface area contributed by atoms with Crippen LogP contribution in [-0.4, -0.2) is 9.97 Å². The largest absolute Gasteiger partial charge is 0.309 e. The molecule has 0 amide bonds. The summed E-state index contributed by atoms with van der Waals surface area (Å²) in [4.78, 5) is 19.6. The van der Waals surface area contributed by atoms with E-state index in [9.17, 15) is 4.79 Å². The number of aryl methyl sites for hydroxylation is 1. The number of H-pyrrole nitrogens is 1. The first-order valence-corrected chi connectivity index (χ1v) is 7.36. The molecule has 0 spiro atoms. The van der Waals surface area contributed by atoms with E-state index in [1.54, 1.807) is 18.7 Å². The SMILES string of the molecule is Cc1nc(CSc2ccccc2Cl)[nH]c(=O)c1Br. The number of hydrogen-bond acceptors (Lipinski definition) is 3. The minimum atomic E-state index is -0.155. The number of aromatic nitrogens is 2. The third-order valence-electron chi connectivity index (χ3n) is 2.28. The summed E-state index contributed by atoms with van der Waals surface area (Å²) in [7, 11) is 0. The number of rotatable bonds is 3. The first-order valence-electron chi connectivity index (χ1n) is 5.20. The van der Waals surface area contributed by atoms with Crippen molar-refractivity contribution in [2.24, 2.45) is 0 Å². The van der Waals surface area contributed by atoms with Crippen molar-refractivity contribution in [2.75, 3.05) is 0 Å². The van der Waals surface area contributed by atoms with E-state index in [2.05, 4.69) is 25.9 Å². The number of aromatic amines is 1. The third kappa shape index (κ3) is 3.16. The summed E-state index contributed by atoms with van der Waals surface area (Å²) in [5, 5.41) is 0.707. The molecule has 3 nitrogen and oxygen atoms in total. The molecule has 1 aromatic heterocycles. The van der Waals surface area contributed by atoms with Crippen molar-refractivity contribution in [1.29, 1.82) is 0 Å². The monoisotopic (exact) mass is 344 g/mol. The van der Waals surface area contributed by atoms with Gasteiger partial charge in [-0.3, -0.25) is 4.79 Å². The minimum Gasteiger partial charge on any atom is -0.309 e. The Labute approximate surface area is 122 Å². The Hall–Kier alpha value is -0.780. The highest BCUT2D eigenvalue weighted by Crippen LogP contribution is 2.28. The Kier molecular flexibility index (Phi) is 4.48.